The number of rotatable bonds is 5. The Hall–Kier alpha value is -0.930. The van der Waals surface area contributed by atoms with Gasteiger partial charge in [0.1, 0.15) is 6.67 Å². The fraction of sp³-hybridized carbons (Fsp3) is 0.667. The standard InChI is InChI=1S/C6H10FNO2/c1-2-5(8-4-9)6(10)3-7/h4-5H,2-3H2,1H3,(H,8,9). The van der Waals surface area contributed by atoms with Crippen LogP contribution in [0.2, 0.25) is 0 Å². The molecule has 1 unspecified atom stereocenters. The van der Waals surface area contributed by atoms with E-state index in [0.717, 1.165) is 0 Å². The fourth-order valence-electron chi connectivity index (χ4n) is 0.614. The van der Waals surface area contributed by atoms with Crippen LogP contribution in [0.15, 0.2) is 0 Å². The summed E-state index contributed by atoms with van der Waals surface area (Å²) in [4.78, 5) is 20.3. The van der Waals surface area contributed by atoms with Crippen molar-refractivity contribution in [3.8, 4) is 0 Å². The average molecular weight is 147 g/mol. The Kier molecular flexibility index (Phi) is 4.45. The second kappa shape index (κ2) is 4.90. The second-order valence-electron chi connectivity index (χ2n) is 1.85. The van der Waals surface area contributed by atoms with E-state index in [0.29, 0.717) is 12.8 Å². The molecule has 4 heteroatoms. The van der Waals surface area contributed by atoms with Crippen LogP contribution in [0.1, 0.15) is 13.3 Å². The van der Waals surface area contributed by atoms with Crippen LogP contribution in [0.25, 0.3) is 0 Å². The highest BCUT2D eigenvalue weighted by Crippen LogP contribution is 1.91. The molecule has 0 aromatic rings. The van der Waals surface area contributed by atoms with Crippen LogP contribution in [0.5, 0.6) is 0 Å². The van der Waals surface area contributed by atoms with Crippen LogP contribution in [-0.4, -0.2) is 24.9 Å². The van der Waals surface area contributed by atoms with Gasteiger partial charge >= 0.3 is 0 Å². The number of halogens is 1. The van der Waals surface area contributed by atoms with E-state index in [4.69, 9.17) is 0 Å². The molecule has 0 aliphatic carbocycles. The monoisotopic (exact) mass is 147 g/mol. The van der Waals surface area contributed by atoms with Gasteiger partial charge in [0.05, 0.1) is 6.04 Å². The van der Waals surface area contributed by atoms with Crippen molar-refractivity contribution in [2.75, 3.05) is 6.67 Å². The Balaban J connectivity index is 3.79. The van der Waals surface area contributed by atoms with Crippen molar-refractivity contribution in [2.24, 2.45) is 0 Å². The van der Waals surface area contributed by atoms with Crippen LogP contribution in [0, 0.1) is 0 Å². The third-order valence-electron chi connectivity index (χ3n) is 1.20. The van der Waals surface area contributed by atoms with Gasteiger partial charge in [-0.05, 0) is 6.42 Å². The summed E-state index contributed by atoms with van der Waals surface area (Å²) in [5, 5.41) is 2.21. The first-order chi connectivity index (χ1) is 4.76. The molecule has 0 saturated carbocycles. The van der Waals surface area contributed by atoms with Gasteiger partial charge < -0.3 is 5.32 Å². The van der Waals surface area contributed by atoms with Crippen molar-refractivity contribution < 1.29 is 14.0 Å². The van der Waals surface area contributed by atoms with Crippen LogP contribution in [0.3, 0.4) is 0 Å². The molecule has 0 rings (SSSR count). The van der Waals surface area contributed by atoms with Crippen molar-refractivity contribution in [1.29, 1.82) is 0 Å². The van der Waals surface area contributed by atoms with Gasteiger partial charge in [-0.2, -0.15) is 0 Å². The molecule has 58 valence electrons. The predicted molar refractivity (Wildman–Crippen MR) is 34.3 cm³/mol. The summed E-state index contributed by atoms with van der Waals surface area (Å²) in [7, 11) is 0. The third-order valence-corrected chi connectivity index (χ3v) is 1.20. The van der Waals surface area contributed by atoms with E-state index >= 15 is 0 Å². The first kappa shape index (κ1) is 9.07. The minimum atomic E-state index is -1.01. The van der Waals surface area contributed by atoms with Crippen molar-refractivity contribution >= 4 is 12.2 Å². The molecule has 0 aliphatic heterocycles. The van der Waals surface area contributed by atoms with Gasteiger partial charge in [-0.1, -0.05) is 6.92 Å². The van der Waals surface area contributed by atoms with Gasteiger partial charge in [0, 0.05) is 0 Å². The highest BCUT2D eigenvalue weighted by Gasteiger charge is 2.13. The first-order valence-electron chi connectivity index (χ1n) is 3.04. The second-order valence-corrected chi connectivity index (χ2v) is 1.85. The lowest BCUT2D eigenvalue weighted by Gasteiger charge is -2.08. The number of nitrogens with one attached hydrogen (secondary N) is 1. The Morgan fingerprint density at radius 3 is 2.70 bits per heavy atom. The topological polar surface area (TPSA) is 46.2 Å². The summed E-state index contributed by atoms with van der Waals surface area (Å²) >= 11 is 0. The SMILES string of the molecule is CCC(NC=O)C(=O)CF. The molecule has 0 saturated heterocycles. The molecular weight excluding hydrogens is 137 g/mol. The van der Waals surface area contributed by atoms with Crippen molar-refractivity contribution in [3.05, 3.63) is 0 Å². The number of amides is 1. The molecule has 0 radical (unpaired) electrons. The highest BCUT2D eigenvalue weighted by atomic mass is 19.1. The lowest BCUT2D eigenvalue weighted by atomic mass is 10.1. The van der Waals surface area contributed by atoms with Gasteiger partial charge in [-0.15, -0.1) is 0 Å². The van der Waals surface area contributed by atoms with Crippen LogP contribution < -0.4 is 5.32 Å². The van der Waals surface area contributed by atoms with Crippen molar-refractivity contribution in [1.82, 2.24) is 5.32 Å². The number of alkyl halides is 1. The lowest BCUT2D eigenvalue weighted by molar-refractivity contribution is -0.124. The van der Waals surface area contributed by atoms with Gasteiger partial charge in [0.25, 0.3) is 0 Å². The molecule has 0 bridgehead atoms. The summed E-state index contributed by atoms with van der Waals surface area (Å²) in [5.41, 5.74) is 0. The predicted octanol–water partition coefficient (Wildman–Crippen LogP) is 0.0496. The molecule has 1 N–H and O–H groups in total. The minimum absolute atomic E-state index is 0.404. The van der Waals surface area contributed by atoms with E-state index in [2.05, 4.69) is 5.32 Å². The van der Waals surface area contributed by atoms with E-state index in [9.17, 15) is 14.0 Å². The number of carbonyl (C=O) groups is 2. The van der Waals surface area contributed by atoms with Crippen molar-refractivity contribution in [2.45, 2.75) is 19.4 Å². The molecular formula is C6H10FNO2. The average Bonchev–Trinajstić information content (AvgIpc) is 1.99. The fourth-order valence-corrected chi connectivity index (χ4v) is 0.614. The lowest BCUT2D eigenvalue weighted by Crippen LogP contribution is -2.36. The molecule has 1 amide bonds. The Labute approximate surface area is 58.6 Å². The molecule has 0 fully saturated rings. The summed E-state index contributed by atoms with van der Waals surface area (Å²) in [6.45, 7) is 0.689. The van der Waals surface area contributed by atoms with E-state index in [1.54, 1.807) is 6.92 Å². The molecule has 3 nitrogen and oxygen atoms in total. The van der Waals surface area contributed by atoms with E-state index < -0.39 is 18.5 Å². The van der Waals surface area contributed by atoms with Gasteiger partial charge in [0.2, 0.25) is 6.41 Å². The Morgan fingerprint density at radius 2 is 2.40 bits per heavy atom. The Bertz CT molecular complexity index is 127. The third kappa shape index (κ3) is 2.57. The molecule has 0 aromatic heterocycles. The van der Waals surface area contributed by atoms with Gasteiger partial charge in [-0.3, -0.25) is 9.59 Å². The maximum atomic E-state index is 11.6. The number of carbonyl (C=O) groups excluding carboxylic acids is 2. The summed E-state index contributed by atoms with van der Waals surface area (Å²) in [6, 6.07) is -0.650. The molecule has 0 aliphatic rings. The highest BCUT2D eigenvalue weighted by molar-refractivity contribution is 5.86. The maximum Gasteiger partial charge on any atom is 0.207 e. The zero-order valence-electron chi connectivity index (χ0n) is 5.76. The van der Waals surface area contributed by atoms with Crippen molar-refractivity contribution in [3.63, 3.8) is 0 Å². The van der Waals surface area contributed by atoms with Crippen LogP contribution >= 0.6 is 0 Å². The number of Topliss-reactive ketones (excluding diaryl/α,β-unsaturated/α-hetero) is 1. The number of ketones is 1. The minimum Gasteiger partial charge on any atom is -0.349 e. The Morgan fingerprint density at radius 1 is 1.80 bits per heavy atom. The molecule has 1 atom stereocenters. The van der Waals surface area contributed by atoms with Crippen LogP contribution in [-0.2, 0) is 9.59 Å². The van der Waals surface area contributed by atoms with Gasteiger partial charge in [-0.25, -0.2) is 4.39 Å². The van der Waals surface area contributed by atoms with E-state index in [-0.39, 0.29) is 0 Å². The summed E-state index contributed by atoms with van der Waals surface area (Å²) in [6.07, 6.45) is 0.837. The quantitative estimate of drug-likeness (QED) is 0.558. The number of hydrogen-bond donors (Lipinski definition) is 1. The largest absolute Gasteiger partial charge is 0.349 e. The summed E-state index contributed by atoms with van der Waals surface area (Å²) < 4.78 is 11.6. The van der Waals surface area contributed by atoms with Crippen LogP contribution in [0.4, 0.5) is 4.39 Å². The van der Waals surface area contributed by atoms with E-state index in [1.807, 2.05) is 0 Å². The number of hydrogen-bond acceptors (Lipinski definition) is 2. The molecule has 10 heavy (non-hydrogen) atoms. The molecule has 0 spiro atoms. The molecule has 0 heterocycles. The smallest absolute Gasteiger partial charge is 0.207 e. The zero-order chi connectivity index (χ0) is 7.98. The maximum absolute atomic E-state index is 11.6. The molecule has 0 aromatic carbocycles. The zero-order valence-corrected chi connectivity index (χ0v) is 5.76. The van der Waals surface area contributed by atoms with E-state index in [1.165, 1.54) is 0 Å². The first-order valence-corrected chi connectivity index (χ1v) is 3.04. The normalized spacial score (nSPS) is 12.2. The summed E-state index contributed by atoms with van der Waals surface area (Å²) in [5.74, 6) is -0.574. The van der Waals surface area contributed by atoms with Gasteiger partial charge in [0.15, 0.2) is 5.78 Å².